The Bertz CT molecular complexity index is 687. The molecule has 1 aromatic heterocycles. The van der Waals surface area contributed by atoms with Crippen LogP contribution in [0, 0.1) is 11.3 Å². The van der Waals surface area contributed by atoms with Gasteiger partial charge in [-0.25, -0.2) is 9.48 Å². The fourth-order valence-electron chi connectivity index (χ4n) is 1.59. The molecule has 0 saturated carbocycles. The number of benzene rings is 1. The summed E-state index contributed by atoms with van der Waals surface area (Å²) in [7, 11) is 0. The summed E-state index contributed by atoms with van der Waals surface area (Å²) in [5, 5.41) is 13.8. The van der Waals surface area contributed by atoms with E-state index in [1.807, 2.05) is 6.07 Å². The minimum Gasteiger partial charge on any atom is -0.461 e. The van der Waals surface area contributed by atoms with E-state index in [1.54, 1.807) is 31.2 Å². The molecule has 102 valence electrons. The van der Waals surface area contributed by atoms with E-state index in [9.17, 15) is 4.79 Å². The number of carbonyl (C=O) groups is 1. The van der Waals surface area contributed by atoms with Crippen molar-refractivity contribution in [2.45, 2.75) is 6.92 Å². The quantitative estimate of drug-likeness (QED) is 0.816. The third-order valence-electron chi connectivity index (χ3n) is 2.48. The first-order valence-corrected chi connectivity index (χ1v) is 6.45. The second-order valence-electron chi connectivity index (χ2n) is 3.73. The maximum Gasteiger partial charge on any atom is 0.360 e. The number of rotatable bonds is 3. The maximum atomic E-state index is 11.7. The van der Waals surface area contributed by atoms with Gasteiger partial charge in [0.1, 0.15) is 11.6 Å². The zero-order valence-corrected chi connectivity index (χ0v) is 11.9. The Morgan fingerprint density at radius 1 is 1.40 bits per heavy atom. The lowest BCUT2D eigenvalue weighted by Crippen LogP contribution is -2.08. The first kappa shape index (κ1) is 14.4. The molecule has 0 fully saturated rings. The van der Waals surface area contributed by atoms with Gasteiger partial charge in [-0.15, -0.1) is 0 Å². The van der Waals surface area contributed by atoms with Gasteiger partial charge in [-0.1, -0.05) is 23.2 Å². The SMILES string of the molecule is CCOC(=O)c1nn(-c2ccc(Cl)cc2)c(Cl)c1C#N. The van der Waals surface area contributed by atoms with Gasteiger partial charge in [-0.05, 0) is 31.2 Å². The van der Waals surface area contributed by atoms with E-state index >= 15 is 0 Å². The standard InChI is InChI=1S/C13H9Cl2N3O2/c1-2-20-13(19)11-10(7-16)12(15)18(17-11)9-5-3-8(14)4-6-9/h3-6H,2H2,1H3. The number of carbonyl (C=O) groups excluding carboxylic acids is 1. The van der Waals surface area contributed by atoms with Gasteiger partial charge in [0.25, 0.3) is 0 Å². The van der Waals surface area contributed by atoms with E-state index in [4.69, 9.17) is 33.2 Å². The number of halogens is 2. The molecule has 5 nitrogen and oxygen atoms in total. The molecule has 0 aliphatic heterocycles. The van der Waals surface area contributed by atoms with Crippen molar-refractivity contribution in [3.05, 3.63) is 45.7 Å². The summed E-state index contributed by atoms with van der Waals surface area (Å²) in [5.74, 6) is -0.682. The minimum atomic E-state index is -0.682. The lowest BCUT2D eigenvalue weighted by molar-refractivity contribution is 0.0518. The van der Waals surface area contributed by atoms with Crippen LogP contribution in [0.5, 0.6) is 0 Å². The number of esters is 1. The van der Waals surface area contributed by atoms with Crippen LogP contribution in [-0.4, -0.2) is 22.4 Å². The molecule has 0 unspecified atom stereocenters. The van der Waals surface area contributed by atoms with Crippen molar-refractivity contribution in [1.82, 2.24) is 9.78 Å². The molecular weight excluding hydrogens is 301 g/mol. The van der Waals surface area contributed by atoms with E-state index in [1.165, 1.54) is 4.68 Å². The molecule has 7 heteroatoms. The second kappa shape index (κ2) is 5.95. The summed E-state index contributed by atoms with van der Waals surface area (Å²) in [5.41, 5.74) is 0.473. The number of aromatic nitrogens is 2. The highest BCUT2D eigenvalue weighted by molar-refractivity contribution is 6.31. The monoisotopic (exact) mass is 309 g/mol. The van der Waals surface area contributed by atoms with E-state index < -0.39 is 5.97 Å². The summed E-state index contributed by atoms with van der Waals surface area (Å²) in [6.45, 7) is 1.86. The summed E-state index contributed by atoms with van der Waals surface area (Å²) in [6, 6.07) is 8.53. The van der Waals surface area contributed by atoms with Crippen LogP contribution in [0.4, 0.5) is 0 Å². The fraction of sp³-hybridized carbons (Fsp3) is 0.154. The lowest BCUT2D eigenvalue weighted by atomic mass is 10.3. The number of nitriles is 1. The minimum absolute atomic E-state index is 0.0138. The van der Waals surface area contributed by atoms with E-state index in [0.717, 1.165) is 0 Å². The molecule has 0 bridgehead atoms. The normalized spacial score (nSPS) is 10.1. The largest absolute Gasteiger partial charge is 0.461 e. The molecule has 0 saturated heterocycles. The molecule has 0 aliphatic rings. The Morgan fingerprint density at radius 2 is 2.05 bits per heavy atom. The number of nitrogens with zero attached hydrogens (tertiary/aromatic N) is 3. The van der Waals surface area contributed by atoms with E-state index in [-0.39, 0.29) is 23.0 Å². The van der Waals surface area contributed by atoms with Gasteiger partial charge >= 0.3 is 5.97 Å². The summed E-state index contributed by atoms with van der Waals surface area (Å²) >= 11 is 11.9. The van der Waals surface area contributed by atoms with E-state index in [0.29, 0.717) is 10.7 Å². The first-order chi connectivity index (χ1) is 9.58. The van der Waals surface area contributed by atoms with E-state index in [2.05, 4.69) is 5.10 Å². The maximum absolute atomic E-state index is 11.7. The van der Waals surface area contributed by atoms with Gasteiger partial charge in [0.05, 0.1) is 12.3 Å². The summed E-state index contributed by atoms with van der Waals surface area (Å²) in [4.78, 5) is 11.7. The smallest absolute Gasteiger partial charge is 0.360 e. The van der Waals surface area contributed by atoms with Crippen molar-refractivity contribution < 1.29 is 9.53 Å². The predicted molar refractivity (Wildman–Crippen MR) is 74.3 cm³/mol. The summed E-state index contributed by atoms with van der Waals surface area (Å²) in [6.07, 6.45) is 0. The molecule has 1 aromatic carbocycles. The van der Waals surface area contributed by atoms with Crippen LogP contribution in [-0.2, 0) is 4.74 Å². The Balaban J connectivity index is 2.53. The Kier molecular flexibility index (Phi) is 4.28. The Hall–Kier alpha value is -2.03. The molecule has 0 amide bonds. The van der Waals surface area contributed by atoms with Crippen molar-refractivity contribution in [2.75, 3.05) is 6.61 Å². The summed E-state index contributed by atoms with van der Waals surface area (Å²) < 4.78 is 6.14. The number of hydrogen-bond acceptors (Lipinski definition) is 4. The van der Waals surface area contributed by atoms with Gasteiger partial charge in [-0.2, -0.15) is 10.4 Å². The van der Waals surface area contributed by atoms with Crippen LogP contribution < -0.4 is 0 Å². The van der Waals surface area contributed by atoms with Crippen LogP contribution in [0.3, 0.4) is 0 Å². The van der Waals surface area contributed by atoms with Crippen molar-refractivity contribution in [1.29, 1.82) is 5.26 Å². The topological polar surface area (TPSA) is 67.9 Å². The molecule has 0 aliphatic carbocycles. The highest BCUT2D eigenvalue weighted by Crippen LogP contribution is 2.24. The molecule has 1 heterocycles. The molecule has 2 rings (SSSR count). The number of hydrogen-bond donors (Lipinski definition) is 0. The highest BCUT2D eigenvalue weighted by Gasteiger charge is 2.23. The van der Waals surface area contributed by atoms with Crippen LogP contribution in [0.15, 0.2) is 24.3 Å². The van der Waals surface area contributed by atoms with Crippen molar-refractivity contribution in [2.24, 2.45) is 0 Å². The van der Waals surface area contributed by atoms with Crippen molar-refractivity contribution in [3.8, 4) is 11.8 Å². The zero-order valence-electron chi connectivity index (χ0n) is 10.4. The van der Waals surface area contributed by atoms with Gasteiger partial charge in [-0.3, -0.25) is 0 Å². The molecule has 2 aromatic rings. The third kappa shape index (κ3) is 2.62. The molecule has 20 heavy (non-hydrogen) atoms. The molecular formula is C13H9Cl2N3O2. The highest BCUT2D eigenvalue weighted by atomic mass is 35.5. The average molecular weight is 310 g/mol. The average Bonchev–Trinajstić information content (AvgIpc) is 2.77. The van der Waals surface area contributed by atoms with Crippen LogP contribution in [0.1, 0.15) is 23.0 Å². The second-order valence-corrected chi connectivity index (χ2v) is 4.53. The van der Waals surface area contributed by atoms with Gasteiger partial charge < -0.3 is 4.74 Å². The lowest BCUT2D eigenvalue weighted by Gasteiger charge is -2.02. The van der Waals surface area contributed by atoms with Gasteiger partial charge in [0.2, 0.25) is 0 Å². The molecule has 0 spiro atoms. The zero-order chi connectivity index (χ0) is 14.7. The van der Waals surface area contributed by atoms with Crippen LogP contribution in [0.2, 0.25) is 10.2 Å². The van der Waals surface area contributed by atoms with Crippen molar-refractivity contribution in [3.63, 3.8) is 0 Å². The molecule has 0 N–H and O–H groups in total. The number of ether oxygens (including phenoxy) is 1. The van der Waals surface area contributed by atoms with Gasteiger partial charge in [0, 0.05) is 5.02 Å². The van der Waals surface area contributed by atoms with Gasteiger partial charge in [0.15, 0.2) is 10.8 Å². The van der Waals surface area contributed by atoms with Crippen LogP contribution >= 0.6 is 23.2 Å². The first-order valence-electron chi connectivity index (χ1n) is 5.70. The predicted octanol–water partition coefficient (Wildman–Crippen LogP) is 3.23. The fourth-order valence-corrected chi connectivity index (χ4v) is 1.99. The van der Waals surface area contributed by atoms with Crippen LogP contribution in [0.25, 0.3) is 5.69 Å². The Labute approximate surface area is 125 Å². The Morgan fingerprint density at radius 3 is 2.60 bits per heavy atom. The van der Waals surface area contributed by atoms with Crippen molar-refractivity contribution >= 4 is 29.2 Å². The molecule has 0 atom stereocenters. The molecule has 0 radical (unpaired) electrons. The third-order valence-corrected chi connectivity index (χ3v) is 3.08.